The summed E-state index contributed by atoms with van der Waals surface area (Å²) in [5.74, 6) is -1.54. The van der Waals surface area contributed by atoms with Gasteiger partial charge in [0.05, 0.1) is 29.5 Å². The molecule has 0 atom stereocenters. The Morgan fingerprint density at radius 2 is 1.81 bits per heavy atom. The predicted molar refractivity (Wildman–Crippen MR) is 172 cm³/mol. The zero-order valence-corrected chi connectivity index (χ0v) is 27.5. The first kappa shape index (κ1) is 32.8. The van der Waals surface area contributed by atoms with Crippen molar-refractivity contribution in [2.24, 2.45) is 5.10 Å². The van der Waals surface area contributed by atoms with Gasteiger partial charge in [-0.05, 0) is 90.9 Å². The van der Waals surface area contributed by atoms with E-state index in [0.29, 0.717) is 48.8 Å². The van der Waals surface area contributed by atoms with Crippen LogP contribution in [0.15, 0.2) is 39.9 Å². The highest BCUT2D eigenvalue weighted by Crippen LogP contribution is 2.39. The smallest absolute Gasteiger partial charge is 0.341 e. The van der Waals surface area contributed by atoms with Crippen LogP contribution in [-0.2, 0) is 33.8 Å². The number of nitrogens with zero attached hydrogens (tertiary/aromatic N) is 1. The second-order valence-corrected chi connectivity index (χ2v) is 12.2. The average molecular weight is 711 g/mol. The Labute approximate surface area is 272 Å². The highest BCUT2D eigenvalue weighted by molar-refractivity contribution is 9.10. The van der Waals surface area contributed by atoms with Crippen LogP contribution >= 0.6 is 50.5 Å². The zero-order valence-electron chi connectivity index (χ0n) is 23.6. The Balaban J connectivity index is 1.43. The summed E-state index contributed by atoms with van der Waals surface area (Å²) in [6.07, 6.45) is 5.94. The molecular formula is C30H30BrCl2N3O6S. The van der Waals surface area contributed by atoms with Crippen molar-refractivity contribution in [2.75, 3.05) is 18.5 Å². The van der Waals surface area contributed by atoms with Crippen molar-refractivity contribution in [1.82, 2.24) is 5.43 Å². The van der Waals surface area contributed by atoms with E-state index in [2.05, 4.69) is 31.8 Å². The Kier molecular flexibility index (Phi) is 11.9. The third kappa shape index (κ3) is 8.50. The maximum atomic E-state index is 12.7. The Morgan fingerprint density at radius 3 is 2.56 bits per heavy atom. The molecule has 1 aliphatic carbocycles. The summed E-state index contributed by atoms with van der Waals surface area (Å²) < 4.78 is 17.6. The number of carbonyl (C=O) groups excluding carboxylic acids is 3. The number of hydrogen-bond acceptors (Lipinski definition) is 8. The second-order valence-electron chi connectivity index (χ2n) is 9.43. The number of hydrazone groups is 1. The molecule has 0 saturated carbocycles. The molecule has 9 nitrogen and oxygen atoms in total. The first-order chi connectivity index (χ1) is 20.7. The Hall–Kier alpha value is -3.12. The first-order valence-electron chi connectivity index (χ1n) is 13.7. The molecule has 0 aliphatic heterocycles. The lowest BCUT2D eigenvalue weighted by atomic mass is 10.1. The van der Waals surface area contributed by atoms with Crippen LogP contribution in [0.3, 0.4) is 0 Å². The highest BCUT2D eigenvalue weighted by atomic mass is 79.9. The molecule has 43 heavy (non-hydrogen) atoms. The van der Waals surface area contributed by atoms with Crippen LogP contribution in [-0.4, -0.2) is 37.2 Å². The molecule has 1 aromatic heterocycles. The number of amides is 2. The molecule has 13 heteroatoms. The van der Waals surface area contributed by atoms with Crippen molar-refractivity contribution in [1.29, 1.82) is 0 Å². The fraction of sp³-hybridized carbons (Fsp3) is 0.333. The van der Waals surface area contributed by atoms with Crippen LogP contribution < -0.4 is 20.2 Å². The molecule has 0 bridgehead atoms. The summed E-state index contributed by atoms with van der Waals surface area (Å²) in [7, 11) is 0. The van der Waals surface area contributed by atoms with Crippen LogP contribution in [0, 0.1) is 0 Å². The number of fused-ring (bicyclic) bond motifs is 1. The van der Waals surface area contributed by atoms with E-state index in [-0.39, 0.29) is 13.2 Å². The third-order valence-electron chi connectivity index (χ3n) is 6.43. The lowest BCUT2D eigenvalue weighted by Crippen LogP contribution is -2.32. The fourth-order valence-electron chi connectivity index (χ4n) is 4.48. The maximum Gasteiger partial charge on any atom is 0.341 e. The van der Waals surface area contributed by atoms with Crippen molar-refractivity contribution in [3.05, 3.63) is 72.0 Å². The largest absolute Gasteiger partial charge is 0.490 e. The average Bonchev–Trinajstić information content (AvgIpc) is 3.13. The van der Waals surface area contributed by atoms with Crippen molar-refractivity contribution in [3.8, 4) is 11.5 Å². The van der Waals surface area contributed by atoms with Gasteiger partial charge in [0, 0.05) is 20.5 Å². The monoisotopic (exact) mass is 709 g/mol. The molecule has 2 amide bonds. The SMILES string of the molecule is CCOC(=O)c1c(NC(=O)C(=O)N/N=C/c2cc(Br)c(OCc3ccc(Cl)cc3Cl)c(OCC)c2)sc2c1CCCCC2. The number of aryl methyl sites for hydroxylation is 1. The van der Waals surface area contributed by atoms with Gasteiger partial charge in [0.15, 0.2) is 11.5 Å². The number of hydrogen-bond donors (Lipinski definition) is 2. The number of nitrogens with one attached hydrogen (secondary N) is 2. The fourth-order valence-corrected chi connectivity index (χ4v) is 6.79. The number of thiophene rings is 1. The minimum atomic E-state index is -0.987. The summed E-state index contributed by atoms with van der Waals surface area (Å²) in [6, 6.07) is 8.56. The van der Waals surface area contributed by atoms with E-state index in [9.17, 15) is 14.4 Å². The summed E-state index contributed by atoms with van der Waals surface area (Å²) in [5, 5.41) is 7.84. The van der Waals surface area contributed by atoms with Gasteiger partial charge in [-0.15, -0.1) is 11.3 Å². The normalized spacial score (nSPS) is 12.8. The molecule has 0 spiro atoms. The van der Waals surface area contributed by atoms with Gasteiger partial charge in [-0.2, -0.15) is 5.10 Å². The summed E-state index contributed by atoms with van der Waals surface area (Å²) in [4.78, 5) is 39.1. The highest BCUT2D eigenvalue weighted by Gasteiger charge is 2.28. The molecule has 4 rings (SSSR count). The van der Waals surface area contributed by atoms with Crippen LogP contribution in [0.25, 0.3) is 0 Å². The van der Waals surface area contributed by atoms with Crippen LogP contribution in [0.1, 0.15) is 65.0 Å². The standard InChI is InChI=1S/C30H30BrCl2N3O6S/c1-3-40-23-13-17(12-21(31)26(23)42-16-18-10-11-19(32)14-22(18)33)15-34-36-28(38)27(37)35-29-25(30(39)41-4-2)20-8-6-5-7-9-24(20)43-29/h10-15H,3-9,16H2,1-2H3,(H,35,37)(H,36,38)/b34-15+. The van der Waals surface area contributed by atoms with E-state index in [1.165, 1.54) is 17.6 Å². The lowest BCUT2D eigenvalue weighted by molar-refractivity contribution is -0.136. The van der Waals surface area contributed by atoms with E-state index in [1.807, 2.05) is 6.92 Å². The third-order valence-corrected chi connectivity index (χ3v) is 8.82. The van der Waals surface area contributed by atoms with Crippen molar-refractivity contribution in [3.63, 3.8) is 0 Å². The van der Waals surface area contributed by atoms with E-state index >= 15 is 0 Å². The molecule has 0 saturated heterocycles. The molecule has 0 fully saturated rings. The van der Waals surface area contributed by atoms with E-state index in [1.54, 1.807) is 37.3 Å². The minimum absolute atomic E-state index is 0.179. The van der Waals surface area contributed by atoms with Crippen LogP contribution in [0.5, 0.6) is 11.5 Å². The Morgan fingerprint density at radius 1 is 1.02 bits per heavy atom. The van der Waals surface area contributed by atoms with Gasteiger partial charge >= 0.3 is 17.8 Å². The molecule has 3 aromatic rings. The van der Waals surface area contributed by atoms with E-state index in [0.717, 1.165) is 48.1 Å². The Bertz CT molecular complexity index is 1540. The van der Waals surface area contributed by atoms with Gasteiger partial charge in [-0.1, -0.05) is 35.7 Å². The summed E-state index contributed by atoms with van der Waals surface area (Å²) in [6.45, 7) is 4.32. The maximum absolute atomic E-state index is 12.7. The van der Waals surface area contributed by atoms with E-state index in [4.69, 9.17) is 37.4 Å². The van der Waals surface area contributed by atoms with Gasteiger partial charge in [-0.25, -0.2) is 10.2 Å². The summed E-state index contributed by atoms with van der Waals surface area (Å²) in [5.41, 5.74) is 4.79. The number of halogens is 3. The van der Waals surface area contributed by atoms with Crippen LogP contribution in [0.2, 0.25) is 10.0 Å². The minimum Gasteiger partial charge on any atom is -0.490 e. The first-order valence-corrected chi connectivity index (χ1v) is 16.1. The lowest BCUT2D eigenvalue weighted by Gasteiger charge is -2.15. The molecule has 1 aliphatic rings. The van der Waals surface area contributed by atoms with Crippen molar-refractivity contribution in [2.45, 2.75) is 52.6 Å². The zero-order chi connectivity index (χ0) is 30.9. The molecule has 0 radical (unpaired) electrons. The molecule has 2 aromatic carbocycles. The number of rotatable bonds is 10. The van der Waals surface area contributed by atoms with Crippen LogP contribution in [0.4, 0.5) is 5.00 Å². The van der Waals surface area contributed by atoms with Gasteiger partial charge in [0.1, 0.15) is 11.6 Å². The van der Waals surface area contributed by atoms with Gasteiger partial charge < -0.3 is 19.5 Å². The number of anilines is 1. The number of ether oxygens (including phenoxy) is 3. The topological polar surface area (TPSA) is 115 Å². The second kappa shape index (κ2) is 15.6. The summed E-state index contributed by atoms with van der Waals surface area (Å²) >= 11 is 17.1. The molecule has 228 valence electrons. The molecule has 1 heterocycles. The quantitative estimate of drug-likeness (QED) is 0.0749. The molecule has 0 unspecified atom stereocenters. The van der Waals surface area contributed by atoms with Gasteiger partial charge in [0.25, 0.3) is 0 Å². The predicted octanol–water partition coefficient (Wildman–Crippen LogP) is 7.33. The number of carbonyl (C=O) groups is 3. The van der Waals surface area contributed by atoms with Crippen molar-refractivity contribution < 1.29 is 28.6 Å². The van der Waals surface area contributed by atoms with Crippen molar-refractivity contribution >= 4 is 79.5 Å². The number of benzene rings is 2. The molecular weight excluding hydrogens is 681 g/mol. The van der Waals surface area contributed by atoms with Gasteiger partial charge in [-0.3, -0.25) is 9.59 Å². The molecule has 2 N–H and O–H groups in total. The van der Waals surface area contributed by atoms with Gasteiger partial charge in [0.2, 0.25) is 0 Å². The van der Waals surface area contributed by atoms with E-state index < -0.39 is 17.8 Å². The number of esters is 1.